The highest BCUT2D eigenvalue weighted by atomic mass is 16.5. The van der Waals surface area contributed by atoms with Crippen LogP contribution in [0.3, 0.4) is 0 Å². The van der Waals surface area contributed by atoms with Gasteiger partial charge in [0.2, 0.25) is 0 Å². The van der Waals surface area contributed by atoms with E-state index in [0.29, 0.717) is 23.8 Å². The highest BCUT2D eigenvalue weighted by molar-refractivity contribution is 5.93. The Labute approximate surface area is 194 Å². The topological polar surface area (TPSA) is 77.9 Å². The van der Waals surface area contributed by atoms with Crippen molar-refractivity contribution in [3.63, 3.8) is 0 Å². The first kappa shape index (κ1) is 22.7. The molecule has 3 aromatic rings. The maximum atomic E-state index is 12.5. The summed E-state index contributed by atoms with van der Waals surface area (Å²) in [5, 5.41) is 7.18. The van der Waals surface area contributed by atoms with Gasteiger partial charge in [-0.3, -0.25) is 14.4 Å². The zero-order chi connectivity index (χ0) is 23.0. The average Bonchev–Trinajstić information content (AvgIpc) is 3.50. The van der Waals surface area contributed by atoms with Crippen molar-refractivity contribution >= 4 is 11.6 Å². The van der Waals surface area contributed by atoms with Crippen LogP contribution in [0.5, 0.6) is 17.2 Å². The van der Waals surface area contributed by atoms with Gasteiger partial charge in [-0.2, -0.15) is 5.10 Å². The minimum absolute atomic E-state index is 0.109. The van der Waals surface area contributed by atoms with Crippen LogP contribution in [0.1, 0.15) is 12.8 Å². The number of likely N-dealkylation sites (tertiary alicyclic amines) is 1. The monoisotopic (exact) mass is 450 g/mol. The van der Waals surface area contributed by atoms with Crippen LogP contribution in [0.2, 0.25) is 0 Å². The molecular weight excluding hydrogens is 420 g/mol. The van der Waals surface area contributed by atoms with Crippen LogP contribution in [0, 0.1) is 0 Å². The minimum Gasteiger partial charge on any atom is -0.497 e. The number of methoxy groups -OCH3 is 1. The van der Waals surface area contributed by atoms with Crippen molar-refractivity contribution in [3.8, 4) is 28.5 Å². The van der Waals surface area contributed by atoms with Gasteiger partial charge in [-0.05, 0) is 62.3 Å². The molecule has 1 amide bonds. The summed E-state index contributed by atoms with van der Waals surface area (Å²) >= 11 is 0. The first-order chi connectivity index (χ1) is 16.1. The summed E-state index contributed by atoms with van der Waals surface area (Å²) in [7, 11) is 3.47. The Hall–Kier alpha value is -3.52. The number of nitrogens with one attached hydrogen (secondary N) is 1. The lowest BCUT2D eigenvalue weighted by Gasteiger charge is -2.17. The molecule has 0 atom stereocenters. The van der Waals surface area contributed by atoms with Crippen molar-refractivity contribution < 1.29 is 19.0 Å². The number of ether oxygens (including phenoxy) is 3. The predicted molar refractivity (Wildman–Crippen MR) is 127 cm³/mol. The molecule has 174 valence electrons. The molecule has 0 bridgehead atoms. The molecule has 1 saturated heterocycles. The third-order valence-electron chi connectivity index (χ3n) is 5.64. The Bertz CT molecular complexity index is 1080. The molecule has 0 unspecified atom stereocenters. The molecule has 8 nitrogen and oxygen atoms in total. The zero-order valence-electron chi connectivity index (χ0n) is 19.1. The number of aromatic nitrogens is 2. The summed E-state index contributed by atoms with van der Waals surface area (Å²) in [6, 6.07) is 14.7. The second-order valence-electron chi connectivity index (χ2n) is 7.96. The van der Waals surface area contributed by atoms with E-state index in [0.717, 1.165) is 36.6 Å². The van der Waals surface area contributed by atoms with Gasteiger partial charge in [-0.15, -0.1) is 0 Å². The number of rotatable bonds is 10. The molecule has 1 aromatic heterocycles. The highest BCUT2D eigenvalue weighted by Crippen LogP contribution is 2.32. The first-order valence-electron chi connectivity index (χ1n) is 11.2. The Morgan fingerprint density at radius 2 is 1.88 bits per heavy atom. The van der Waals surface area contributed by atoms with E-state index in [-0.39, 0.29) is 12.5 Å². The van der Waals surface area contributed by atoms with Crippen molar-refractivity contribution in [3.05, 3.63) is 54.7 Å². The SMILES string of the molecule is COc1cccc(OCC(=O)Nc2ccc(OCCN3CCCC3)c(-c3ccnn3C)c2)c1. The zero-order valence-corrected chi connectivity index (χ0v) is 19.1. The van der Waals surface area contributed by atoms with Crippen LogP contribution in [0.15, 0.2) is 54.7 Å². The number of benzene rings is 2. The predicted octanol–water partition coefficient (Wildman–Crippen LogP) is 3.59. The summed E-state index contributed by atoms with van der Waals surface area (Å²) in [4.78, 5) is 14.9. The van der Waals surface area contributed by atoms with Crippen LogP contribution in [0.4, 0.5) is 5.69 Å². The maximum Gasteiger partial charge on any atom is 0.262 e. The molecule has 1 aliphatic rings. The van der Waals surface area contributed by atoms with Crippen molar-refractivity contribution in [2.45, 2.75) is 12.8 Å². The molecule has 0 spiro atoms. The lowest BCUT2D eigenvalue weighted by Crippen LogP contribution is -2.25. The highest BCUT2D eigenvalue weighted by Gasteiger charge is 2.15. The lowest BCUT2D eigenvalue weighted by atomic mass is 10.1. The number of carbonyl (C=O) groups is 1. The molecule has 0 radical (unpaired) electrons. The number of aryl methyl sites for hydroxylation is 1. The standard InChI is InChI=1S/C25H30N4O4/c1-28-23(10-11-26-28)22-16-19(8-9-24(22)32-15-14-29-12-3-4-13-29)27-25(30)18-33-21-7-5-6-20(17-21)31-2/h5-11,16-17H,3-4,12-15,18H2,1-2H3,(H,27,30). The number of hydrogen-bond donors (Lipinski definition) is 1. The Morgan fingerprint density at radius 1 is 1.06 bits per heavy atom. The summed E-state index contributed by atoms with van der Waals surface area (Å²) in [5.74, 6) is 1.76. The molecule has 1 N–H and O–H groups in total. The van der Waals surface area contributed by atoms with Gasteiger partial charge >= 0.3 is 0 Å². The molecule has 8 heteroatoms. The number of amides is 1. The van der Waals surface area contributed by atoms with Gasteiger partial charge in [0.15, 0.2) is 6.61 Å². The van der Waals surface area contributed by atoms with Gasteiger partial charge in [0, 0.05) is 37.1 Å². The fourth-order valence-corrected chi connectivity index (χ4v) is 3.90. The van der Waals surface area contributed by atoms with Crippen LogP contribution < -0.4 is 19.5 Å². The normalized spacial score (nSPS) is 13.6. The van der Waals surface area contributed by atoms with E-state index in [2.05, 4.69) is 15.3 Å². The van der Waals surface area contributed by atoms with Crippen LogP contribution in [-0.2, 0) is 11.8 Å². The van der Waals surface area contributed by atoms with Crippen molar-refractivity contribution in [1.29, 1.82) is 0 Å². The molecule has 2 aromatic carbocycles. The van der Waals surface area contributed by atoms with E-state index in [9.17, 15) is 4.79 Å². The Morgan fingerprint density at radius 3 is 2.64 bits per heavy atom. The fourth-order valence-electron chi connectivity index (χ4n) is 3.90. The molecule has 2 heterocycles. The van der Waals surface area contributed by atoms with E-state index in [1.165, 1.54) is 12.8 Å². The molecule has 0 aliphatic carbocycles. The van der Waals surface area contributed by atoms with E-state index >= 15 is 0 Å². The van der Waals surface area contributed by atoms with Crippen LogP contribution in [0.25, 0.3) is 11.3 Å². The van der Waals surface area contributed by atoms with E-state index in [4.69, 9.17) is 14.2 Å². The summed E-state index contributed by atoms with van der Waals surface area (Å²) in [6.07, 6.45) is 4.27. The van der Waals surface area contributed by atoms with Crippen molar-refractivity contribution in [2.24, 2.45) is 7.05 Å². The third kappa shape index (κ3) is 6.04. The second kappa shape index (κ2) is 10.9. The summed E-state index contributed by atoms with van der Waals surface area (Å²) in [6.45, 7) is 3.69. The quantitative estimate of drug-likeness (QED) is 0.509. The van der Waals surface area contributed by atoms with Gasteiger partial charge in [-0.1, -0.05) is 6.07 Å². The maximum absolute atomic E-state index is 12.5. The molecular formula is C25H30N4O4. The molecule has 0 saturated carbocycles. The van der Waals surface area contributed by atoms with Crippen LogP contribution >= 0.6 is 0 Å². The Kier molecular flexibility index (Phi) is 7.47. The van der Waals surface area contributed by atoms with Gasteiger partial charge in [0.25, 0.3) is 5.91 Å². The Balaban J connectivity index is 1.42. The second-order valence-corrected chi connectivity index (χ2v) is 7.96. The molecule has 1 aliphatic heterocycles. The van der Waals surface area contributed by atoms with E-state index in [1.54, 1.807) is 30.1 Å². The van der Waals surface area contributed by atoms with E-state index < -0.39 is 0 Å². The number of hydrogen-bond acceptors (Lipinski definition) is 6. The summed E-state index contributed by atoms with van der Waals surface area (Å²) < 4.78 is 18.7. The van der Waals surface area contributed by atoms with Gasteiger partial charge < -0.3 is 19.5 Å². The number of anilines is 1. The smallest absolute Gasteiger partial charge is 0.262 e. The van der Waals surface area contributed by atoms with Crippen molar-refractivity contribution in [1.82, 2.24) is 14.7 Å². The van der Waals surface area contributed by atoms with E-state index in [1.807, 2.05) is 43.4 Å². The first-order valence-corrected chi connectivity index (χ1v) is 11.2. The number of carbonyl (C=O) groups excluding carboxylic acids is 1. The summed E-state index contributed by atoms with van der Waals surface area (Å²) in [5.41, 5.74) is 2.45. The molecule has 4 rings (SSSR count). The van der Waals surface area contributed by atoms with Gasteiger partial charge in [0.05, 0.1) is 12.8 Å². The van der Waals surface area contributed by atoms with Crippen LogP contribution in [-0.4, -0.2) is 60.5 Å². The molecule has 1 fully saturated rings. The molecule has 33 heavy (non-hydrogen) atoms. The van der Waals surface area contributed by atoms with Gasteiger partial charge in [0.1, 0.15) is 23.9 Å². The number of nitrogens with zero attached hydrogens (tertiary/aromatic N) is 3. The largest absolute Gasteiger partial charge is 0.497 e. The lowest BCUT2D eigenvalue weighted by molar-refractivity contribution is -0.118. The minimum atomic E-state index is -0.253. The van der Waals surface area contributed by atoms with Gasteiger partial charge in [-0.25, -0.2) is 0 Å². The fraction of sp³-hybridized carbons (Fsp3) is 0.360. The van der Waals surface area contributed by atoms with Crippen molar-refractivity contribution in [2.75, 3.05) is 45.3 Å². The third-order valence-corrected chi connectivity index (χ3v) is 5.64. The average molecular weight is 451 g/mol.